The maximum Gasteiger partial charge on any atom is 0.142 e. The largest absolute Gasteiger partial charge is 0.205 e. The van der Waals surface area contributed by atoms with Crippen molar-refractivity contribution in [3.8, 4) is 6.07 Å². The first-order chi connectivity index (χ1) is 6.24. The van der Waals surface area contributed by atoms with Crippen LogP contribution in [0.3, 0.4) is 0 Å². The van der Waals surface area contributed by atoms with E-state index >= 15 is 0 Å². The van der Waals surface area contributed by atoms with Crippen molar-refractivity contribution in [2.45, 2.75) is 4.90 Å². The highest BCUT2D eigenvalue weighted by Gasteiger charge is 2.10. The summed E-state index contributed by atoms with van der Waals surface area (Å²) in [5.41, 5.74) is 0.0262. The van der Waals surface area contributed by atoms with Gasteiger partial charge in [0.15, 0.2) is 0 Å². The number of thiophene rings is 1. The van der Waals surface area contributed by atoms with Crippen molar-refractivity contribution in [2.75, 3.05) is 0 Å². The van der Waals surface area contributed by atoms with Crippen LogP contribution >= 0.6 is 24.0 Å². The molecular formula is C9H4FNS2. The van der Waals surface area contributed by atoms with Gasteiger partial charge >= 0.3 is 0 Å². The highest BCUT2D eigenvalue weighted by Crippen LogP contribution is 2.31. The molecule has 0 N–H and O–H groups in total. The predicted octanol–water partition coefficient (Wildman–Crippen LogP) is 3.20. The van der Waals surface area contributed by atoms with E-state index in [-0.39, 0.29) is 5.56 Å². The van der Waals surface area contributed by atoms with Gasteiger partial charge in [0.2, 0.25) is 0 Å². The molecule has 4 heteroatoms. The molecule has 0 saturated carbocycles. The Morgan fingerprint density at radius 1 is 1.54 bits per heavy atom. The number of thiol groups is 1. The molecule has 0 unspecified atom stereocenters. The summed E-state index contributed by atoms with van der Waals surface area (Å²) in [4.78, 5) is 0.438. The van der Waals surface area contributed by atoms with Gasteiger partial charge in [-0.1, -0.05) is 0 Å². The Morgan fingerprint density at radius 3 is 3.00 bits per heavy atom. The second kappa shape index (κ2) is 3.02. The Kier molecular flexibility index (Phi) is 1.98. The molecule has 0 aliphatic carbocycles. The van der Waals surface area contributed by atoms with Crippen LogP contribution in [0.25, 0.3) is 10.1 Å². The summed E-state index contributed by atoms with van der Waals surface area (Å²) < 4.78 is 14.1. The van der Waals surface area contributed by atoms with E-state index in [2.05, 4.69) is 12.6 Å². The van der Waals surface area contributed by atoms with E-state index in [0.29, 0.717) is 4.90 Å². The van der Waals surface area contributed by atoms with Crippen molar-refractivity contribution in [3.05, 3.63) is 28.9 Å². The van der Waals surface area contributed by atoms with Crippen LogP contribution in [-0.4, -0.2) is 0 Å². The Balaban J connectivity index is 2.95. The number of hydrogen-bond donors (Lipinski definition) is 1. The van der Waals surface area contributed by atoms with Gasteiger partial charge in [-0.3, -0.25) is 0 Å². The molecule has 1 heterocycles. The number of nitrogens with zero attached hydrogens (tertiary/aromatic N) is 1. The highest BCUT2D eigenvalue weighted by molar-refractivity contribution is 7.80. The lowest BCUT2D eigenvalue weighted by Crippen LogP contribution is -1.85. The second-order valence-corrected chi connectivity index (χ2v) is 3.90. The fraction of sp³-hybridized carbons (Fsp3) is 0. The summed E-state index contributed by atoms with van der Waals surface area (Å²) in [6.07, 6.45) is 0. The van der Waals surface area contributed by atoms with Crippen LogP contribution in [-0.2, 0) is 0 Å². The zero-order chi connectivity index (χ0) is 9.42. The summed E-state index contributed by atoms with van der Waals surface area (Å²) >= 11 is 5.59. The van der Waals surface area contributed by atoms with Crippen LogP contribution in [0.1, 0.15) is 5.56 Å². The van der Waals surface area contributed by atoms with Crippen LogP contribution in [0.2, 0.25) is 0 Å². The Bertz CT molecular complexity index is 510. The van der Waals surface area contributed by atoms with Crippen LogP contribution in [0.5, 0.6) is 0 Å². The monoisotopic (exact) mass is 209 g/mol. The number of benzene rings is 1. The standard InChI is InChI=1S/C9H4FNS2/c10-7-3-5-1-2-13-9(5)8(12)6(7)4-11/h1-3,12H. The van der Waals surface area contributed by atoms with Gasteiger partial charge < -0.3 is 0 Å². The second-order valence-electron chi connectivity index (χ2n) is 2.53. The molecule has 64 valence electrons. The summed E-state index contributed by atoms with van der Waals surface area (Å²) in [7, 11) is 0. The quantitative estimate of drug-likeness (QED) is 0.662. The van der Waals surface area contributed by atoms with Gasteiger partial charge in [0.25, 0.3) is 0 Å². The molecule has 1 nitrogen and oxygen atoms in total. The van der Waals surface area contributed by atoms with Gasteiger partial charge in [-0.2, -0.15) is 5.26 Å². The number of halogens is 1. The third-order valence-corrected chi connectivity index (χ3v) is 3.33. The van der Waals surface area contributed by atoms with Crippen LogP contribution < -0.4 is 0 Å². The van der Waals surface area contributed by atoms with E-state index in [1.807, 2.05) is 11.4 Å². The third-order valence-electron chi connectivity index (χ3n) is 1.78. The molecule has 2 rings (SSSR count). The zero-order valence-electron chi connectivity index (χ0n) is 6.41. The minimum Gasteiger partial charge on any atom is -0.205 e. The first-order valence-corrected chi connectivity index (χ1v) is 4.85. The summed E-state index contributed by atoms with van der Waals surface area (Å²) in [6, 6.07) is 4.98. The molecule has 0 aliphatic heterocycles. The summed E-state index contributed by atoms with van der Waals surface area (Å²) in [5, 5.41) is 11.3. The lowest BCUT2D eigenvalue weighted by Gasteiger charge is -1.99. The van der Waals surface area contributed by atoms with Gasteiger partial charge in [-0.25, -0.2) is 4.39 Å². The van der Waals surface area contributed by atoms with Crippen LogP contribution in [0.4, 0.5) is 4.39 Å². The predicted molar refractivity (Wildman–Crippen MR) is 53.8 cm³/mol. The Morgan fingerprint density at radius 2 is 2.31 bits per heavy atom. The molecule has 0 saturated heterocycles. The first kappa shape index (κ1) is 8.54. The van der Waals surface area contributed by atoms with Gasteiger partial charge in [0, 0.05) is 9.60 Å². The topological polar surface area (TPSA) is 23.8 Å². The average molecular weight is 209 g/mol. The van der Waals surface area contributed by atoms with E-state index < -0.39 is 5.82 Å². The van der Waals surface area contributed by atoms with Crippen molar-refractivity contribution in [1.29, 1.82) is 5.26 Å². The summed E-state index contributed by atoms with van der Waals surface area (Å²) in [5.74, 6) is -0.501. The normalized spacial score (nSPS) is 10.2. The lowest BCUT2D eigenvalue weighted by molar-refractivity contribution is 0.622. The Hall–Kier alpha value is -1.05. The van der Waals surface area contributed by atoms with E-state index in [4.69, 9.17) is 5.26 Å². The molecule has 13 heavy (non-hydrogen) atoms. The first-order valence-electron chi connectivity index (χ1n) is 3.53. The molecule has 0 bridgehead atoms. The number of hydrogen-bond acceptors (Lipinski definition) is 3. The molecule has 0 atom stereocenters. The molecule has 0 amide bonds. The SMILES string of the molecule is N#Cc1c(F)cc2ccsc2c1S. The lowest BCUT2D eigenvalue weighted by atomic mass is 10.2. The molecule has 2 aromatic rings. The van der Waals surface area contributed by atoms with Crippen LogP contribution in [0, 0.1) is 17.1 Å². The molecule has 0 fully saturated rings. The average Bonchev–Trinajstić information content (AvgIpc) is 2.53. The third kappa shape index (κ3) is 1.21. The molecule has 0 aliphatic rings. The highest BCUT2D eigenvalue weighted by atomic mass is 32.1. The Labute approximate surface area is 83.8 Å². The molecule has 0 radical (unpaired) electrons. The van der Waals surface area contributed by atoms with Gasteiger partial charge in [-0.05, 0) is 22.9 Å². The molecular weight excluding hydrogens is 205 g/mol. The smallest absolute Gasteiger partial charge is 0.142 e. The van der Waals surface area contributed by atoms with E-state index in [0.717, 1.165) is 10.1 Å². The van der Waals surface area contributed by atoms with Gasteiger partial charge in [0.1, 0.15) is 17.4 Å². The zero-order valence-corrected chi connectivity index (χ0v) is 8.12. The number of fused-ring (bicyclic) bond motifs is 1. The van der Waals surface area contributed by atoms with E-state index in [1.54, 1.807) is 6.07 Å². The van der Waals surface area contributed by atoms with Crippen LogP contribution in [0.15, 0.2) is 22.4 Å². The number of nitriles is 1. The minimum atomic E-state index is -0.501. The maximum atomic E-state index is 13.2. The van der Waals surface area contributed by atoms with E-state index in [1.165, 1.54) is 17.4 Å². The summed E-state index contributed by atoms with van der Waals surface area (Å²) in [6.45, 7) is 0. The van der Waals surface area contributed by atoms with Crippen molar-refractivity contribution < 1.29 is 4.39 Å². The van der Waals surface area contributed by atoms with Crippen molar-refractivity contribution >= 4 is 34.1 Å². The molecule has 0 spiro atoms. The molecule has 1 aromatic heterocycles. The minimum absolute atomic E-state index is 0.0262. The van der Waals surface area contributed by atoms with Gasteiger partial charge in [0.05, 0.1) is 0 Å². The van der Waals surface area contributed by atoms with E-state index in [9.17, 15) is 4.39 Å². The fourth-order valence-corrected chi connectivity index (χ4v) is 2.44. The van der Waals surface area contributed by atoms with Crippen molar-refractivity contribution in [1.82, 2.24) is 0 Å². The molecule has 1 aromatic carbocycles. The van der Waals surface area contributed by atoms with Crippen molar-refractivity contribution in [2.24, 2.45) is 0 Å². The maximum absolute atomic E-state index is 13.2. The van der Waals surface area contributed by atoms with Gasteiger partial charge in [-0.15, -0.1) is 24.0 Å². The number of rotatable bonds is 0. The fourth-order valence-electron chi connectivity index (χ4n) is 1.17. The van der Waals surface area contributed by atoms with Crippen molar-refractivity contribution in [3.63, 3.8) is 0 Å².